The molecule has 0 bridgehead atoms. The maximum Gasteiger partial charge on any atom is 0.324 e. The van der Waals surface area contributed by atoms with Gasteiger partial charge in [0.15, 0.2) is 0 Å². The highest BCUT2D eigenvalue weighted by Crippen LogP contribution is 2.38. The number of rotatable bonds is 4. The molecule has 100 valence electrons. The molecule has 6 nitrogen and oxygen atoms in total. The number of methoxy groups -OCH3 is 2. The molecule has 1 aromatic heterocycles. The lowest BCUT2D eigenvalue weighted by Crippen LogP contribution is -2.31. The van der Waals surface area contributed by atoms with Crippen LogP contribution < -0.4 is 14.8 Å². The number of nitrogens with zero attached hydrogens (tertiary/aromatic N) is 3. The molecule has 1 fully saturated rings. The lowest BCUT2D eigenvalue weighted by Gasteiger charge is -2.27. The van der Waals surface area contributed by atoms with Gasteiger partial charge in [0.2, 0.25) is 5.95 Å². The Bertz CT molecular complexity index is 400. The third-order valence-corrected chi connectivity index (χ3v) is 3.52. The van der Waals surface area contributed by atoms with Gasteiger partial charge in [-0.25, -0.2) is 0 Å². The van der Waals surface area contributed by atoms with Gasteiger partial charge in [-0.1, -0.05) is 20.3 Å². The first-order valence-electron chi connectivity index (χ1n) is 6.16. The van der Waals surface area contributed by atoms with Crippen LogP contribution in [-0.2, 0) is 0 Å². The van der Waals surface area contributed by atoms with Gasteiger partial charge in [0.05, 0.1) is 14.2 Å². The van der Waals surface area contributed by atoms with Crippen LogP contribution >= 0.6 is 0 Å². The number of hydrogen-bond acceptors (Lipinski definition) is 6. The van der Waals surface area contributed by atoms with Gasteiger partial charge >= 0.3 is 12.0 Å². The Balaban J connectivity index is 2.18. The zero-order valence-electron chi connectivity index (χ0n) is 11.4. The van der Waals surface area contributed by atoms with Crippen molar-refractivity contribution in [3.8, 4) is 12.0 Å². The average Bonchev–Trinajstić information content (AvgIpc) is 2.68. The molecule has 1 N–H and O–H groups in total. The van der Waals surface area contributed by atoms with E-state index < -0.39 is 0 Å². The summed E-state index contributed by atoms with van der Waals surface area (Å²) in [5, 5.41) is 3.36. The minimum absolute atomic E-state index is 0.257. The molecule has 2 rings (SSSR count). The van der Waals surface area contributed by atoms with Crippen molar-refractivity contribution in [2.24, 2.45) is 5.41 Å². The van der Waals surface area contributed by atoms with Gasteiger partial charge in [-0.3, -0.25) is 0 Å². The third kappa shape index (κ3) is 2.63. The SMILES string of the molecule is COc1nc(NC2CCCC2(C)C)nc(OC)n1. The topological polar surface area (TPSA) is 69.2 Å². The summed E-state index contributed by atoms with van der Waals surface area (Å²) in [6.07, 6.45) is 3.57. The van der Waals surface area contributed by atoms with Crippen LogP contribution in [0.5, 0.6) is 12.0 Å². The summed E-state index contributed by atoms with van der Waals surface area (Å²) >= 11 is 0. The molecule has 0 spiro atoms. The quantitative estimate of drug-likeness (QED) is 0.882. The molecule has 0 aliphatic heterocycles. The second-order valence-corrected chi connectivity index (χ2v) is 5.21. The molecule has 1 aliphatic carbocycles. The summed E-state index contributed by atoms with van der Waals surface area (Å²) in [5.41, 5.74) is 0.257. The van der Waals surface area contributed by atoms with E-state index >= 15 is 0 Å². The second kappa shape index (κ2) is 4.96. The Labute approximate surface area is 107 Å². The predicted molar refractivity (Wildman–Crippen MR) is 68.0 cm³/mol. The molecule has 18 heavy (non-hydrogen) atoms. The van der Waals surface area contributed by atoms with E-state index in [-0.39, 0.29) is 17.4 Å². The van der Waals surface area contributed by atoms with Crippen molar-refractivity contribution in [2.45, 2.75) is 39.2 Å². The standard InChI is InChI=1S/C12H20N4O2/c1-12(2)7-5-6-8(12)13-9-14-10(17-3)16-11(15-9)18-4/h8H,5-7H2,1-4H3,(H,13,14,15,16). The fourth-order valence-corrected chi connectivity index (χ4v) is 2.34. The zero-order valence-corrected chi connectivity index (χ0v) is 11.4. The van der Waals surface area contributed by atoms with Gasteiger partial charge in [0, 0.05) is 6.04 Å². The van der Waals surface area contributed by atoms with Crippen molar-refractivity contribution in [1.29, 1.82) is 0 Å². The fraction of sp³-hybridized carbons (Fsp3) is 0.750. The smallest absolute Gasteiger partial charge is 0.324 e. The summed E-state index contributed by atoms with van der Waals surface area (Å²) in [6.45, 7) is 4.51. The minimum atomic E-state index is 0.257. The Morgan fingerprint density at radius 1 is 1.11 bits per heavy atom. The Hall–Kier alpha value is -1.59. The lowest BCUT2D eigenvalue weighted by molar-refractivity contribution is 0.334. The monoisotopic (exact) mass is 252 g/mol. The van der Waals surface area contributed by atoms with Gasteiger partial charge < -0.3 is 14.8 Å². The maximum atomic E-state index is 5.03. The molecule has 0 saturated heterocycles. The van der Waals surface area contributed by atoms with E-state index in [0.29, 0.717) is 12.0 Å². The predicted octanol–water partition coefficient (Wildman–Crippen LogP) is 1.88. The molecule has 6 heteroatoms. The molecular formula is C12H20N4O2. The highest BCUT2D eigenvalue weighted by molar-refractivity contribution is 5.30. The summed E-state index contributed by atoms with van der Waals surface area (Å²) in [5.74, 6) is 0.513. The Morgan fingerprint density at radius 3 is 2.17 bits per heavy atom. The summed E-state index contributed by atoms with van der Waals surface area (Å²) < 4.78 is 10.1. The van der Waals surface area contributed by atoms with E-state index in [1.165, 1.54) is 27.1 Å². The van der Waals surface area contributed by atoms with Crippen LogP contribution in [0.1, 0.15) is 33.1 Å². The molecule has 0 radical (unpaired) electrons. The number of ether oxygens (including phenoxy) is 2. The van der Waals surface area contributed by atoms with E-state index in [2.05, 4.69) is 34.1 Å². The van der Waals surface area contributed by atoms with Crippen LogP contribution in [0.4, 0.5) is 5.95 Å². The van der Waals surface area contributed by atoms with Crippen LogP contribution in [-0.4, -0.2) is 35.2 Å². The van der Waals surface area contributed by atoms with E-state index in [9.17, 15) is 0 Å². The van der Waals surface area contributed by atoms with Crippen LogP contribution in [0.2, 0.25) is 0 Å². The van der Waals surface area contributed by atoms with E-state index in [1.807, 2.05) is 0 Å². The fourth-order valence-electron chi connectivity index (χ4n) is 2.34. The Kier molecular flexibility index (Phi) is 3.54. The number of hydrogen-bond donors (Lipinski definition) is 1. The van der Waals surface area contributed by atoms with Gasteiger partial charge in [-0.2, -0.15) is 9.97 Å². The zero-order chi connectivity index (χ0) is 13.2. The number of anilines is 1. The van der Waals surface area contributed by atoms with E-state index in [4.69, 9.17) is 9.47 Å². The third-order valence-electron chi connectivity index (χ3n) is 3.52. The van der Waals surface area contributed by atoms with E-state index in [1.54, 1.807) is 0 Å². The lowest BCUT2D eigenvalue weighted by atomic mass is 9.87. The van der Waals surface area contributed by atoms with Crippen LogP contribution in [0.25, 0.3) is 0 Å². The Morgan fingerprint density at radius 2 is 1.72 bits per heavy atom. The van der Waals surface area contributed by atoms with Crippen molar-refractivity contribution in [3.05, 3.63) is 0 Å². The molecule has 1 unspecified atom stereocenters. The molecule has 1 saturated carbocycles. The van der Waals surface area contributed by atoms with Crippen molar-refractivity contribution in [1.82, 2.24) is 15.0 Å². The molecular weight excluding hydrogens is 232 g/mol. The number of nitrogens with one attached hydrogen (secondary N) is 1. The normalized spacial score (nSPS) is 21.7. The molecule has 1 heterocycles. The van der Waals surface area contributed by atoms with Crippen molar-refractivity contribution in [2.75, 3.05) is 19.5 Å². The van der Waals surface area contributed by atoms with Gasteiger partial charge in [0.25, 0.3) is 0 Å². The van der Waals surface area contributed by atoms with Gasteiger partial charge in [-0.15, -0.1) is 4.98 Å². The average molecular weight is 252 g/mol. The van der Waals surface area contributed by atoms with Crippen LogP contribution in [0.15, 0.2) is 0 Å². The molecule has 0 amide bonds. The largest absolute Gasteiger partial charge is 0.467 e. The first-order chi connectivity index (χ1) is 8.55. The highest BCUT2D eigenvalue weighted by Gasteiger charge is 2.35. The molecule has 1 aromatic rings. The first-order valence-corrected chi connectivity index (χ1v) is 6.16. The van der Waals surface area contributed by atoms with Crippen molar-refractivity contribution in [3.63, 3.8) is 0 Å². The molecule has 1 atom stereocenters. The van der Waals surface area contributed by atoms with Crippen LogP contribution in [0, 0.1) is 5.41 Å². The number of aromatic nitrogens is 3. The molecule has 0 aromatic carbocycles. The highest BCUT2D eigenvalue weighted by atomic mass is 16.5. The van der Waals surface area contributed by atoms with Crippen LogP contribution in [0.3, 0.4) is 0 Å². The maximum absolute atomic E-state index is 5.03. The summed E-state index contributed by atoms with van der Waals surface area (Å²) in [4.78, 5) is 12.4. The van der Waals surface area contributed by atoms with Crippen molar-refractivity contribution >= 4 is 5.95 Å². The van der Waals surface area contributed by atoms with Gasteiger partial charge in [-0.05, 0) is 18.3 Å². The summed E-state index contributed by atoms with van der Waals surface area (Å²) in [7, 11) is 3.05. The molecule has 1 aliphatic rings. The van der Waals surface area contributed by atoms with Crippen molar-refractivity contribution < 1.29 is 9.47 Å². The summed E-state index contributed by atoms with van der Waals surface area (Å²) in [6, 6.07) is 0.898. The van der Waals surface area contributed by atoms with E-state index in [0.717, 1.165) is 6.42 Å². The second-order valence-electron chi connectivity index (χ2n) is 5.21. The minimum Gasteiger partial charge on any atom is -0.467 e. The first kappa shape index (κ1) is 12.9. The van der Waals surface area contributed by atoms with Gasteiger partial charge in [0.1, 0.15) is 0 Å².